The van der Waals surface area contributed by atoms with Crippen molar-refractivity contribution in [3.05, 3.63) is 52.8 Å². The minimum atomic E-state index is -0.304. The molecule has 2 aromatic carbocycles. The van der Waals surface area contributed by atoms with Crippen molar-refractivity contribution in [1.82, 2.24) is 0 Å². The van der Waals surface area contributed by atoms with Crippen LogP contribution in [0.5, 0.6) is 5.75 Å². The largest absolute Gasteiger partial charge is 0.497 e. The van der Waals surface area contributed by atoms with Gasteiger partial charge in [0.25, 0.3) is 0 Å². The molecule has 0 unspecified atom stereocenters. The van der Waals surface area contributed by atoms with Gasteiger partial charge in [-0.05, 0) is 36.8 Å². The fraction of sp³-hybridized carbons (Fsp3) is 0.143. The first-order valence-electron chi connectivity index (χ1n) is 5.22. The molecule has 0 N–H and O–H groups in total. The normalized spacial score (nSPS) is 10.4. The Bertz CT molecular complexity index is 532. The van der Waals surface area contributed by atoms with Crippen LogP contribution in [0.3, 0.4) is 0 Å². The molecule has 0 amide bonds. The summed E-state index contributed by atoms with van der Waals surface area (Å²) in [5, 5.41) is 0.539. The highest BCUT2D eigenvalue weighted by molar-refractivity contribution is 6.33. The number of halogens is 2. The van der Waals surface area contributed by atoms with Crippen molar-refractivity contribution in [3.8, 4) is 16.9 Å². The van der Waals surface area contributed by atoms with Crippen molar-refractivity contribution < 1.29 is 9.13 Å². The van der Waals surface area contributed by atoms with Crippen LogP contribution in [0.2, 0.25) is 5.02 Å². The van der Waals surface area contributed by atoms with Crippen LogP contribution in [0.25, 0.3) is 11.1 Å². The predicted molar refractivity (Wildman–Crippen MR) is 68.1 cm³/mol. The fourth-order valence-corrected chi connectivity index (χ4v) is 2.12. The molecule has 2 rings (SSSR count). The van der Waals surface area contributed by atoms with Crippen LogP contribution < -0.4 is 4.74 Å². The van der Waals surface area contributed by atoms with Gasteiger partial charge in [-0.3, -0.25) is 0 Å². The summed E-state index contributed by atoms with van der Waals surface area (Å²) in [5.41, 5.74) is 2.11. The minimum absolute atomic E-state index is 0.304. The topological polar surface area (TPSA) is 9.23 Å². The molecule has 2 aromatic rings. The number of benzene rings is 2. The maximum Gasteiger partial charge on any atom is 0.131 e. The highest BCUT2D eigenvalue weighted by Crippen LogP contribution is 2.34. The first-order valence-corrected chi connectivity index (χ1v) is 5.60. The molecule has 0 spiro atoms. The van der Waals surface area contributed by atoms with Gasteiger partial charge in [-0.2, -0.15) is 0 Å². The third kappa shape index (κ3) is 2.27. The van der Waals surface area contributed by atoms with Crippen LogP contribution in [0, 0.1) is 12.7 Å². The van der Waals surface area contributed by atoms with E-state index in [0.29, 0.717) is 21.9 Å². The lowest BCUT2D eigenvalue weighted by atomic mass is 10.00. The molecule has 0 fully saturated rings. The molecule has 0 saturated carbocycles. The zero-order chi connectivity index (χ0) is 12.4. The van der Waals surface area contributed by atoms with Crippen molar-refractivity contribution in [2.75, 3.05) is 7.11 Å². The van der Waals surface area contributed by atoms with Crippen LogP contribution in [-0.2, 0) is 0 Å². The molecule has 88 valence electrons. The Morgan fingerprint density at radius 2 is 1.94 bits per heavy atom. The Labute approximate surface area is 105 Å². The van der Waals surface area contributed by atoms with Crippen LogP contribution in [0.1, 0.15) is 5.56 Å². The molecule has 0 aliphatic carbocycles. The maximum absolute atomic E-state index is 13.8. The summed E-state index contributed by atoms with van der Waals surface area (Å²) in [4.78, 5) is 0. The summed E-state index contributed by atoms with van der Waals surface area (Å²) in [5.74, 6) is 0.308. The first-order chi connectivity index (χ1) is 8.13. The molecule has 0 saturated heterocycles. The summed E-state index contributed by atoms with van der Waals surface area (Å²) in [6.07, 6.45) is 0. The van der Waals surface area contributed by atoms with E-state index < -0.39 is 0 Å². The smallest absolute Gasteiger partial charge is 0.131 e. The zero-order valence-electron chi connectivity index (χ0n) is 9.63. The van der Waals surface area contributed by atoms with E-state index in [1.807, 2.05) is 19.1 Å². The number of methoxy groups -OCH3 is 1. The Balaban J connectivity index is 2.67. The van der Waals surface area contributed by atoms with E-state index in [4.69, 9.17) is 16.3 Å². The lowest BCUT2D eigenvalue weighted by Crippen LogP contribution is -1.91. The van der Waals surface area contributed by atoms with Gasteiger partial charge in [0.1, 0.15) is 11.6 Å². The van der Waals surface area contributed by atoms with Gasteiger partial charge in [0.05, 0.1) is 7.11 Å². The SMILES string of the molecule is COc1ccc(F)c(-c2c(C)cccc2Cl)c1. The average molecular weight is 251 g/mol. The van der Waals surface area contributed by atoms with Gasteiger partial charge in [0, 0.05) is 16.1 Å². The summed E-state index contributed by atoms with van der Waals surface area (Å²) in [6.45, 7) is 1.90. The van der Waals surface area contributed by atoms with Gasteiger partial charge >= 0.3 is 0 Å². The first kappa shape index (κ1) is 11.9. The predicted octanol–water partition coefficient (Wildman–Crippen LogP) is 4.46. The lowest BCUT2D eigenvalue weighted by molar-refractivity contribution is 0.414. The monoisotopic (exact) mass is 250 g/mol. The van der Waals surface area contributed by atoms with E-state index in [2.05, 4.69) is 0 Å². The zero-order valence-corrected chi connectivity index (χ0v) is 10.4. The number of hydrogen-bond donors (Lipinski definition) is 0. The molecule has 0 aliphatic heterocycles. The Hall–Kier alpha value is -1.54. The fourth-order valence-electron chi connectivity index (χ4n) is 1.80. The molecule has 0 bridgehead atoms. The molecule has 0 aromatic heterocycles. The standard InChI is InChI=1S/C14H12ClFO/c1-9-4-3-5-12(15)14(9)11-8-10(17-2)6-7-13(11)16/h3-8H,1-2H3. The molecular weight excluding hydrogens is 239 g/mol. The second-order valence-corrected chi connectivity index (χ2v) is 4.18. The average Bonchev–Trinajstić information content (AvgIpc) is 2.31. The Kier molecular flexibility index (Phi) is 3.34. The lowest BCUT2D eigenvalue weighted by Gasteiger charge is -2.11. The van der Waals surface area contributed by atoms with Gasteiger partial charge in [-0.15, -0.1) is 0 Å². The van der Waals surface area contributed by atoms with Crippen molar-refractivity contribution in [3.63, 3.8) is 0 Å². The van der Waals surface area contributed by atoms with E-state index in [1.54, 1.807) is 25.3 Å². The highest BCUT2D eigenvalue weighted by atomic mass is 35.5. The van der Waals surface area contributed by atoms with Crippen LogP contribution >= 0.6 is 11.6 Å². The van der Waals surface area contributed by atoms with Crippen molar-refractivity contribution in [1.29, 1.82) is 0 Å². The van der Waals surface area contributed by atoms with Crippen molar-refractivity contribution in [2.45, 2.75) is 6.92 Å². The Morgan fingerprint density at radius 1 is 1.18 bits per heavy atom. The third-order valence-corrected chi connectivity index (χ3v) is 2.98. The van der Waals surface area contributed by atoms with E-state index in [-0.39, 0.29) is 5.82 Å². The maximum atomic E-state index is 13.8. The van der Waals surface area contributed by atoms with Crippen LogP contribution in [-0.4, -0.2) is 7.11 Å². The summed E-state index contributed by atoms with van der Waals surface area (Å²) < 4.78 is 18.9. The molecule has 0 radical (unpaired) electrons. The second kappa shape index (κ2) is 4.76. The van der Waals surface area contributed by atoms with Gasteiger partial charge < -0.3 is 4.74 Å². The van der Waals surface area contributed by atoms with Crippen molar-refractivity contribution >= 4 is 11.6 Å². The highest BCUT2D eigenvalue weighted by Gasteiger charge is 2.12. The summed E-state index contributed by atoms with van der Waals surface area (Å²) in [6, 6.07) is 10.1. The molecule has 0 atom stereocenters. The third-order valence-electron chi connectivity index (χ3n) is 2.66. The van der Waals surface area contributed by atoms with Gasteiger partial charge in [-0.1, -0.05) is 23.7 Å². The van der Waals surface area contributed by atoms with Crippen LogP contribution in [0.4, 0.5) is 4.39 Å². The molecular formula is C14H12ClFO. The van der Waals surface area contributed by atoms with Gasteiger partial charge in [-0.25, -0.2) is 4.39 Å². The molecule has 0 aliphatic rings. The minimum Gasteiger partial charge on any atom is -0.497 e. The van der Waals surface area contributed by atoms with E-state index in [0.717, 1.165) is 5.56 Å². The summed E-state index contributed by atoms with van der Waals surface area (Å²) >= 11 is 6.12. The van der Waals surface area contributed by atoms with Crippen molar-refractivity contribution in [2.24, 2.45) is 0 Å². The molecule has 17 heavy (non-hydrogen) atoms. The molecule has 1 nitrogen and oxygen atoms in total. The number of rotatable bonds is 2. The number of aryl methyl sites for hydroxylation is 1. The second-order valence-electron chi connectivity index (χ2n) is 3.78. The van der Waals surface area contributed by atoms with Gasteiger partial charge in [0.2, 0.25) is 0 Å². The molecule has 0 heterocycles. The van der Waals surface area contributed by atoms with E-state index >= 15 is 0 Å². The van der Waals surface area contributed by atoms with Crippen LogP contribution in [0.15, 0.2) is 36.4 Å². The molecule has 3 heteroatoms. The van der Waals surface area contributed by atoms with E-state index in [9.17, 15) is 4.39 Å². The number of hydrogen-bond acceptors (Lipinski definition) is 1. The number of ether oxygens (including phenoxy) is 1. The quantitative estimate of drug-likeness (QED) is 0.765. The Morgan fingerprint density at radius 3 is 2.59 bits per heavy atom. The van der Waals surface area contributed by atoms with E-state index in [1.165, 1.54) is 6.07 Å². The summed E-state index contributed by atoms with van der Waals surface area (Å²) in [7, 11) is 1.55. The van der Waals surface area contributed by atoms with Gasteiger partial charge in [0.15, 0.2) is 0 Å².